The smallest absolute Gasteiger partial charge is 0.223 e. The fraction of sp³-hybridized carbons (Fsp3) is 0.688. The lowest BCUT2D eigenvalue weighted by molar-refractivity contribution is 0.203. The van der Waals surface area contributed by atoms with E-state index in [0.717, 1.165) is 18.8 Å². The Kier molecular flexibility index (Phi) is 6.92. The molecule has 0 atom stereocenters. The van der Waals surface area contributed by atoms with Crippen molar-refractivity contribution in [1.29, 1.82) is 0 Å². The minimum atomic E-state index is -0.367. The highest BCUT2D eigenvalue weighted by atomic mass is 16.3. The molecule has 5 nitrogen and oxygen atoms in total. The van der Waals surface area contributed by atoms with E-state index in [1.54, 1.807) is 4.57 Å². The molecular weight excluding hydrogens is 268 g/mol. The molecule has 0 bridgehead atoms. The molecule has 2 N–H and O–H groups in total. The average molecular weight is 296 g/mol. The van der Waals surface area contributed by atoms with Crippen molar-refractivity contribution in [3.63, 3.8) is 0 Å². The zero-order chi connectivity index (χ0) is 16.0. The van der Waals surface area contributed by atoms with Gasteiger partial charge in [-0.2, -0.15) is 0 Å². The van der Waals surface area contributed by atoms with Gasteiger partial charge < -0.3 is 14.8 Å². The molecule has 0 saturated heterocycles. The number of aromatic nitrogens is 1. The molecule has 0 fully saturated rings. The molecule has 1 aromatic heterocycles. The van der Waals surface area contributed by atoms with Crippen LogP contribution >= 0.6 is 0 Å². The minimum absolute atomic E-state index is 0.0241. The summed E-state index contributed by atoms with van der Waals surface area (Å²) in [6.07, 6.45) is 1.41. The Bertz CT molecular complexity index is 485. The van der Waals surface area contributed by atoms with Crippen LogP contribution in [0.5, 0.6) is 5.75 Å². The highest BCUT2D eigenvalue weighted by Gasteiger charge is 2.13. The van der Waals surface area contributed by atoms with Crippen LogP contribution in [0, 0.1) is 11.8 Å². The van der Waals surface area contributed by atoms with Gasteiger partial charge in [-0.15, -0.1) is 0 Å². The zero-order valence-corrected chi connectivity index (χ0v) is 13.5. The first-order chi connectivity index (χ1) is 9.83. The minimum Gasteiger partial charge on any atom is -0.503 e. The molecule has 0 saturated carbocycles. The number of hydrogen-bond acceptors (Lipinski definition) is 4. The van der Waals surface area contributed by atoms with E-state index in [4.69, 9.17) is 5.11 Å². The van der Waals surface area contributed by atoms with Gasteiger partial charge in [0.2, 0.25) is 5.43 Å². The second kappa shape index (κ2) is 8.20. The summed E-state index contributed by atoms with van der Waals surface area (Å²) in [6, 6.07) is 1.47. The van der Waals surface area contributed by atoms with E-state index in [-0.39, 0.29) is 17.8 Å². The molecule has 0 aliphatic rings. The van der Waals surface area contributed by atoms with Gasteiger partial charge in [0, 0.05) is 37.9 Å². The van der Waals surface area contributed by atoms with Crippen molar-refractivity contribution in [1.82, 2.24) is 9.47 Å². The van der Waals surface area contributed by atoms with Gasteiger partial charge in [0.15, 0.2) is 5.75 Å². The average Bonchev–Trinajstić information content (AvgIpc) is 2.34. The number of nitrogens with zero attached hydrogens (tertiary/aromatic N) is 2. The Morgan fingerprint density at radius 1 is 1.19 bits per heavy atom. The molecule has 0 aliphatic heterocycles. The monoisotopic (exact) mass is 296 g/mol. The summed E-state index contributed by atoms with van der Waals surface area (Å²) in [6.45, 7) is 11.6. The SMILES string of the molecule is CC(C)CN(Cc1cc(=O)c(O)cn1CCO)CC(C)C. The van der Waals surface area contributed by atoms with Gasteiger partial charge in [-0.3, -0.25) is 9.69 Å². The van der Waals surface area contributed by atoms with Crippen molar-refractivity contribution in [2.45, 2.75) is 40.8 Å². The van der Waals surface area contributed by atoms with Crippen LogP contribution < -0.4 is 5.43 Å². The third-order valence-electron chi connectivity index (χ3n) is 3.17. The first-order valence-corrected chi connectivity index (χ1v) is 7.59. The molecule has 0 radical (unpaired) electrons. The fourth-order valence-electron chi connectivity index (χ4n) is 2.52. The van der Waals surface area contributed by atoms with Crippen LogP contribution in [-0.4, -0.2) is 39.4 Å². The van der Waals surface area contributed by atoms with Crippen molar-refractivity contribution in [3.05, 3.63) is 28.2 Å². The molecule has 0 amide bonds. The van der Waals surface area contributed by atoms with Gasteiger partial charge >= 0.3 is 0 Å². The molecule has 21 heavy (non-hydrogen) atoms. The van der Waals surface area contributed by atoms with Crippen molar-refractivity contribution in [2.75, 3.05) is 19.7 Å². The number of hydrogen-bond donors (Lipinski definition) is 2. The maximum absolute atomic E-state index is 11.7. The molecule has 120 valence electrons. The molecule has 5 heteroatoms. The van der Waals surface area contributed by atoms with E-state index in [0.29, 0.717) is 24.9 Å². The molecule has 0 unspecified atom stereocenters. The third kappa shape index (κ3) is 5.89. The van der Waals surface area contributed by atoms with Crippen molar-refractivity contribution < 1.29 is 10.2 Å². The number of aliphatic hydroxyl groups is 1. The lowest BCUT2D eigenvalue weighted by atomic mass is 10.1. The molecular formula is C16H28N2O3. The van der Waals surface area contributed by atoms with Gasteiger partial charge in [-0.05, 0) is 11.8 Å². The summed E-state index contributed by atoms with van der Waals surface area (Å²) in [4.78, 5) is 14.0. The molecule has 1 heterocycles. The van der Waals surface area contributed by atoms with Crippen molar-refractivity contribution in [3.8, 4) is 5.75 Å². The van der Waals surface area contributed by atoms with Crippen LogP contribution in [0.15, 0.2) is 17.1 Å². The Labute approximate surface area is 126 Å². The van der Waals surface area contributed by atoms with Gasteiger partial charge in [-0.25, -0.2) is 0 Å². The highest BCUT2D eigenvalue weighted by molar-refractivity contribution is 5.20. The molecule has 0 aliphatic carbocycles. The quantitative estimate of drug-likeness (QED) is 0.766. The van der Waals surface area contributed by atoms with E-state index in [1.165, 1.54) is 12.3 Å². The first-order valence-electron chi connectivity index (χ1n) is 7.59. The van der Waals surface area contributed by atoms with E-state index in [2.05, 4.69) is 32.6 Å². The summed E-state index contributed by atoms with van der Waals surface area (Å²) in [5, 5.41) is 18.7. The lowest BCUT2D eigenvalue weighted by Gasteiger charge is -2.27. The van der Waals surface area contributed by atoms with E-state index in [9.17, 15) is 9.90 Å². The summed E-state index contributed by atoms with van der Waals surface area (Å²) < 4.78 is 1.75. The highest BCUT2D eigenvalue weighted by Crippen LogP contribution is 2.12. The predicted molar refractivity (Wildman–Crippen MR) is 84.4 cm³/mol. The number of aliphatic hydroxyl groups excluding tert-OH is 1. The summed E-state index contributed by atoms with van der Waals surface area (Å²) >= 11 is 0. The maximum Gasteiger partial charge on any atom is 0.223 e. The lowest BCUT2D eigenvalue weighted by Crippen LogP contribution is -2.32. The van der Waals surface area contributed by atoms with Crippen molar-refractivity contribution in [2.24, 2.45) is 11.8 Å². The summed E-state index contributed by atoms with van der Waals surface area (Å²) in [5.74, 6) is 0.809. The molecule has 1 aromatic rings. The standard InChI is InChI=1S/C16H28N2O3/c1-12(2)8-17(9-13(3)4)10-14-7-15(20)16(21)11-18(14)5-6-19/h7,11-13,19,21H,5-6,8-10H2,1-4H3. The summed E-state index contributed by atoms with van der Waals surface area (Å²) in [7, 11) is 0. The Hall–Kier alpha value is -1.33. The predicted octanol–water partition coefficient (Wildman–Crippen LogP) is 1.66. The summed E-state index contributed by atoms with van der Waals surface area (Å²) in [5.41, 5.74) is 0.460. The Balaban J connectivity index is 3.00. The van der Waals surface area contributed by atoms with Gasteiger partial charge in [0.25, 0.3) is 0 Å². The van der Waals surface area contributed by atoms with Crippen LogP contribution in [0.1, 0.15) is 33.4 Å². The van der Waals surface area contributed by atoms with Gasteiger partial charge in [0.05, 0.1) is 12.8 Å². The van der Waals surface area contributed by atoms with Crippen molar-refractivity contribution >= 4 is 0 Å². The van der Waals surface area contributed by atoms with E-state index >= 15 is 0 Å². The van der Waals surface area contributed by atoms with E-state index in [1.807, 2.05) is 0 Å². The zero-order valence-electron chi connectivity index (χ0n) is 13.5. The first kappa shape index (κ1) is 17.7. The largest absolute Gasteiger partial charge is 0.503 e. The topological polar surface area (TPSA) is 65.7 Å². The van der Waals surface area contributed by atoms with Gasteiger partial charge in [-0.1, -0.05) is 27.7 Å². The van der Waals surface area contributed by atoms with E-state index < -0.39 is 0 Å². The van der Waals surface area contributed by atoms with Crippen LogP contribution in [0.25, 0.3) is 0 Å². The number of aromatic hydroxyl groups is 1. The van der Waals surface area contributed by atoms with Crippen LogP contribution in [0.2, 0.25) is 0 Å². The number of pyridine rings is 1. The van der Waals surface area contributed by atoms with Gasteiger partial charge in [0.1, 0.15) is 0 Å². The normalized spacial score (nSPS) is 11.8. The third-order valence-corrected chi connectivity index (χ3v) is 3.17. The molecule has 0 aromatic carbocycles. The maximum atomic E-state index is 11.7. The second-order valence-electron chi connectivity index (χ2n) is 6.41. The van der Waals surface area contributed by atoms with Crippen LogP contribution in [0.4, 0.5) is 0 Å². The second-order valence-corrected chi connectivity index (χ2v) is 6.41. The number of rotatable bonds is 8. The Morgan fingerprint density at radius 2 is 1.76 bits per heavy atom. The van der Waals surface area contributed by atoms with Crippen LogP contribution in [-0.2, 0) is 13.1 Å². The molecule has 1 rings (SSSR count). The fourth-order valence-corrected chi connectivity index (χ4v) is 2.52. The van der Waals surface area contributed by atoms with Crippen LogP contribution in [0.3, 0.4) is 0 Å². The Morgan fingerprint density at radius 3 is 2.24 bits per heavy atom. The molecule has 0 spiro atoms.